The fraction of sp³-hybridized carbons (Fsp3) is 0.167. The third kappa shape index (κ3) is 3.82. The van der Waals surface area contributed by atoms with E-state index in [2.05, 4.69) is 27.1 Å². The van der Waals surface area contributed by atoms with Crippen LogP contribution in [0.25, 0.3) is 0 Å². The molecule has 0 saturated carbocycles. The second kappa shape index (κ2) is 7.06. The summed E-state index contributed by atoms with van der Waals surface area (Å²) < 4.78 is 1.81. The number of hydrogen-bond acceptors (Lipinski definition) is 5. The fourth-order valence-electron chi connectivity index (χ4n) is 1.42. The third-order valence-corrected chi connectivity index (χ3v) is 3.55. The van der Waals surface area contributed by atoms with E-state index >= 15 is 0 Å². The fourth-order valence-corrected chi connectivity index (χ4v) is 2.31. The summed E-state index contributed by atoms with van der Waals surface area (Å²) in [5.74, 6) is 0.0270. The number of carbonyl (C=O) groups excluding carboxylic acids is 1. The van der Waals surface area contributed by atoms with Crippen LogP contribution in [0.3, 0.4) is 0 Å². The Balaban J connectivity index is 1.91. The summed E-state index contributed by atoms with van der Waals surface area (Å²) in [6, 6.07) is 3.40. The molecule has 2 rings (SSSR count). The molecule has 2 aromatic rings. The largest absolute Gasteiger partial charge is 0.323 e. The Hall–Kier alpha value is -1.86. The predicted octanol–water partition coefficient (Wildman–Crippen LogP) is 2.24. The first-order valence-electron chi connectivity index (χ1n) is 5.72. The molecule has 2 aromatic heterocycles. The van der Waals surface area contributed by atoms with Gasteiger partial charge >= 0.3 is 0 Å². The van der Waals surface area contributed by atoms with Gasteiger partial charge in [-0.15, -0.1) is 16.8 Å². The molecule has 0 aliphatic rings. The Morgan fingerprint density at radius 2 is 2.45 bits per heavy atom. The molecule has 2 heterocycles. The molecule has 0 spiro atoms. The SMILES string of the molecule is C=CCn1cnnc1SCC(=O)Nc1cccnc1Cl. The molecule has 1 N–H and O–H groups in total. The molecule has 0 aromatic carbocycles. The summed E-state index contributed by atoms with van der Waals surface area (Å²) in [6.45, 7) is 4.25. The lowest BCUT2D eigenvalue weighted by Gasteiger charge is -2.06. The van der Waals surface area contributed by atoms with E-state index in [0.717, 1.165) is 0 Å². The summed E-state index contributed by atoms with van der Waals surface area (Å²) in [7, 11) is 0. The van der Waals surface area contributed by atoms with Crippen molar-refractivity contribution in [2.24, 2.45) is 0 Å². The molecule has 104 valence electrons. The molecule has 0 aliphatic heterocycles. The summed E-state index contributed by atoms with van der Waals surface area (Å²) in [4.78, 5) is 15.7. The van der Waals surface area contributed by atoms with E-state index in [-0.39, 0.29) is 16.8 Å². The van der Waals surface area contributed by atoms with Crippen molar-refractivity contribution < 1.29 is 4.79 Å². The third-order valence-electron chi connectivity index (χ3n) is 2.27. The molecule has 0 radical (unpaired) electrons. The van der Waals surface area contributed by atoms with E-state index in [0.29, 0.717) is 17.4 Å². The maximum atomic E-state index is 11.8. The van der Waals surface area contributed by atoms with E-state index in [9.17, 15) is 4.79 Å². The summed E-state index contributed by atoms with van der Waals surface area (Å²) in [5, 5.41) is 11.4. The lowest BCUT2D eigenvalue weighted by atomic mass is 10.4. The van der Waals surface area contributed by atoms with Crippen LogP contribution >= 0.6 is 23.4 Å². The van der Waals surface area contributed by atoms with Crippen molar-refractivity contribution in [1.29, 1.82) is 0 Å². The standard InChI is InChI=1S/C12H12ClN5OS/c1-2-6-18-8-15-17-12(18)20-7-10(19)16-9-4-3-5-14-11(9)13/h2-5,8H,1,6-7H2,(H,16,19). The summed E-state index contributed by atoms with van der Waals surface area (Å²) in [6.07, 6.45) is 4.90. The van der Waals surface area contributed by atoms with Crippen molar-refractivity contribution in [2.45, 2.75) is 11.7 Å². The van der Waals surface area contributed by atoms with Crippen LogP contribution in [0.1, 0.15) is 0 Å². The number of allylic oxidation sites excluding steroid dienone is 1. The minimum absolute atomic E-state index is 0.182. The number of amides is 1. The minimum atomic E-state index is -0.182. The van der Waals surface area contributed by atoms with Crippen molar-refractivity contribution in [3.63, 3.8) is 0 Å². The van der Waals surface area contributed by atoms with Crippen molar-refractivity contribution in [3.05, 3.63) is 42.5 Å². The number of nitrogens with one attached hydrogen (secondary N) is 1. The van der Waals surface area contributed by atoms with Gasteiger partial charge in [-0.3, -0.25) is 4.79 Å². The van der Waals surface area contributed by atoms with Crippen LogP contribution in [0.2, 0.25) is 5.15 Å². The topological polar surface area (TPSA) is 72.7 Å². The number of halogens is 1. The van der Waals surface area contributed by atoms with Crippen molar-refractivity contribution in [2.75, 3.05) is 11.1 Å². The molecule has 20 heavy (non-hydrogen) atoms. The number of carbonyl (C=O) groups is 1. The van der Waals surface area contributed by atoms with Gasteiger partial charge in [0, 0.05) is 12.7 Å². The number of thioether (sulfide) groups is 1. The van der Waals surface area contributed by atoms with Crippen LogP contribution in [0.5, 0.6) is 0 Å². The molecule has 0 saturated heterocycles. The van der Waals surface area contributed by atoms with Gasteiger partial charge in [0.05, 0.1) is 11.4 Å². The summed E-state index contributed by atoms with van der Waals surface area (Å²) in [5.41, 5.74) is 0.493. The highest BCUT2D eigenvalue weighted by Crippen LogP contribution is 2.19. The predicted molar refractivity (Wildman–Crippen MR) is 78.8 cm³/mol. The number of aromatic nitrogens is 4. The van der Waals surface area contributed by atoms with Crippen molar-refractivity contribution >= 4 is 35.0 Å². The molecule has 0 atom stereocenters. The first-order chi connectivity index (χ1) is 9.70. The van der Waals surface area contributed by atoms with Crippen LogP contribution in [0, 0.1) is 0 Å². The maximum Gasteiger partial charge on any atom is 0.234 e. The van der Waals surface area contributed by atoms with Crippen molar-refractivity contribution in [1.82, 2.24) is 19.7 Å². The van der Waals surface area contributed by atoms with E-state index in [1.807, 2.05) is 4.57 Å². The average Bonchev–Trinajstić information content (AvgIpc) is 2.87. The zero-order chi connectivity index (χ0) is 14.4. The number of anilines is 1. The van der Waals surface area contributed by atoms with Crippen LogP contribution in [-0.2, 0) is 11.3 Å². The molecule has 0 aliphatic carbocycles. The minimum Gasteiger partial charge on any atom is -0.323 e. The first-order valence-corrected chi connectivity index (χ1v) is 7.09. The van der Waals surface area contributed by atoms with E-state index in [1.54, 1.807) is 30.7 Å². The lowest BCUT2D eigenvalue weighted by Crippen LogP contribution is -2.15. The van der Waals surface area contributed by atoms with Gasteiger partial charge in [0.15, 0.2) is 10.3 Å². The number of pyridine rings is 1. The van der Waals surface area contributed by atoms with E-state index < -0.39 is 0 Å². The smallest absolute Gasteiger partial charge is 0.234 e. The molecule has 1 amide bonds. The maximum absolute atomic E-state index is 11.8. The van der Waals surface area contributed by atoms with Gasteiger partial charge in [-0.1, -0.05) is 29.4 Å². The highest BCUT2D eigenvalue weighted by molar-refractivity contribution is 7.99. The Labute approximate surface area is 125 Å². The molecule has 6 nitrogen and oxygen atoms in total. The average molecular weight is 310 g/mol. The van der Waals surface area contributed by atoms with E-state index in [4.69, 9.17) is 11.6 Å². The number of nitrogens with zero attached hydrogens (tertiary/aromatic N) is 4. The van der Waals surface area contributed by atoms with Gasteiger partial charge in [0.2, 0.25) is 5.91 Å². The Bertz CT molecular complexity index is 615. The molecule has 0 fully saturated rings. The van der Waals surface area contributed by atoms with Gasteiger partial charge < -0.3 is 9.88 Å². The highest BCUT2D eigenvalue weighted by Gasteiger charge is 2.10. The summed E-state index contributed by atoms with van der Waals surface area (Å²) >= 11 is 7.16. The number of rotatable bonds is 6. The Morgan fingerprint density at radius 1 is 1.60 bits per heavy atom. The zero-order valence-electron chi connectivity index (χ0n) is 10.5. The second-order valence-electron chi connectivity index (χ2n) is 3.73. The van der Waals surface area contributed by atoms with Gasteiger partial charge in [0.25, 0.3) is 0 Å². The van der Waals surface area contributed by atoms with Gasteiger partial charge in [-0.05, 0) is 12.1 Å². The van der Waals surface area contributed by atoms with E-state index in [1.165, 1.54) is 11.8 Å². The lowest BCUT2D eigenvalue weighted by molar-refractivity contribution is -0.113. The Morgan fingerprint density at radius 3 is 3.20 bits per heavy atom. The van der Waals surface area contributed by atoms with Crippen LogP contribution in [-0.4, -0.2) is 31.4 Å². The van der Waals surface area contributed by atoms with Gasteiger partial charge in [-0.2, -0.15) is 0 Å². The molecule has 8 heteroatoms. The molecule has 0 unspecified atom stereocenters. The molecular formula is C12H12ClN5OS. The monoisotopic (exact) mass is 309 g/mol. The molecular weight excluding hydrogens is 298 g/mol. The molecule has 0 bridgehead atoms. The van der Waals surface area contributed by atoms with Gasteiger partial charge in [0.1, 0.15) is 6.33 Å². The normalized spacial score (nSPS) is 10.2. The highest BCUT2D eigenvalue weighted by atomic mass is 35.5. The number of hydrogen-bond donors (Lipinski definition) is 1. The quantitative estimate of drug-likeness (QED) is 0.503. The first kappa shape index (κ1) is 14.5. The van der Waals surface area contributed by atoms with Crippen molar-refractivity contribution in [3.8, 4) is 0 Å². The zero-order valence-corrected chi connectivity index (χ0v) is 12.1. The Kier molecular flexibility index (Phi) is 5.14. The van der Waals surface area contributed by atoms with Crippen LogP contribution in [0.15, 0.2) is 42.5 Å². The van der Waals surface area contributed by atoms with Crippen LogP contribution < -0.4 is 5.32 Å². The second-order valence-corrected chi connectivity index (χ2v) is 5.03. The van der Waals surface area contributed by atoms with Gasteiger partial charge in [-0.25, -0.2) is 4.98 Å². The van der Waals surface area contributed by atoms with Crippen LogP contribution in [0.4, 0.5) is 5.69 Å².